The number of nitrogens with two attached hydrogens (primary N) is 1. The van der Waals surface area contributed by atoms with Crippen LogP contribution in [0, 0.1) is 5.92 Å². The molecule has 2 aliphatic rings. The summed E-state index contributed by atoms with van der Waals surface area (Å²) in [5, 5.41) is 0. The van der Waals surface area contributed by atoms with E-state index in [1.165, 1.54) is 51.5 Å². The molecular formula is C14H28N2. The van der Waals surface area contributed by atoms with Crippen LogP contribution in [0.3, 0.4) is 0 Å². The Morgan fingerprint density at radius 2 is 1.75 bits per heavy atom. The van der Waals surface area contributed by atoms with E-state index in [9.17, 15) is 0 Å². The van der Waals surface area contributed by atoms with Gasteiger partial charge in [-0.05, 0) is 44.6 Å². The van der Waals surface area contributed by atoms with Crippen LogP contribution < -0.4 is 5.73 Å². The van der Waals surface area contributed by atoms with Crippen molar-refractivity contribution in [3.63, 3.8) is 0 Å². The summed E-state index contributed by atoms with van der Waals surface area (Å²) in [7, 11) is 0. The van der Waals surface area contributed by atoms with Gasteiger partial charge >= 0.3 is 0 Å². The number of hydrogen-bond acceptors (Lipinski definition) is 2. The van der Waals surface area contributed by atoms with E-state index < -0.39 is 0 Å². The van der Waals surface area contributed by atoms with Crippen LogP contribution in [0.15, 0.2) is 0 Å². The predicted octanol–water partition coefficient (Wildman–Crippen LogP) is 2.77. The SMILES string of the molecule is CC(C)CCCCN1C2CCC1CC(N)C2. The van der Waals surface area contributed by atoms with Crippen LogP contribution in [0.25, 0.3) is 0 Å². The molecule has 2 rings (SSSR count). The molecule has 0 aromatic heterocycles. The Morgan fingerprint density at radius 3 is 2.31 bits per heavy atom. The number of piperidine rings is 1. The molecule has 0 spiro atoms. The first-order valence-corrected chi connectivity index (χ1v) is 7.18. The summed E-state index contributed by atoms with van der Waals surface area (Å²) in [6.07, 6.45) is 9.50. The molecular weight excluding hydrogens is 196 g/mol. The molecule has 0 aromatic rings. The smallest absolute Gasteiger partial charge is 0.0113 e. The molecule has 2 heterocycles. The highest BCUT2D eigenvalue weighted by molar-refractivity contribution is 4.96. The van der Waals surface area contributed by atoms with Crippen molar-refractivity contribution in [2.45, 2.75) is 76.9 Å². The first kappa shape index (κ1) is 12.4. The average Bonchev–Trinajstić information content (AvgIpc) is 2.45. The quantitative estimate of drug-likeness (QED) is 0.728. The third-order valence-corrected chi connectivity index (χ3v) is 4.37. The van der Waals surface area contributed by atoms with Gasteiger partial charge in [-0.25, -0.2) is 0 Å². The van der Waals surface area contributed by atoms with Gasteiger partial charge < -0.3 is 5.73 Å². The first-order chi connectivity index (χ1) is 7.66. The highest BCUT2D eigenvalue weighted by Gasteiger charge is 2.38. The fourth-order valence-electron chi connectivity index (χ4n) is 3.53. The van der Waals surface area contributed by atoms with Gasteiger partial charge in [0.05, 0.1) is 0 Å². The van der Waals surface area contributed by atoms with Gasteiger partial charge in [0.1, 0.15) is 0 Å². The van der Waals surface area contributed by atoms with Crippen molar-refractivity contribution in [1.29, 1.82) is 0 Å². The second-order valence-electron chi connectivity index (χ2n) is 6.24. The Kier molecular flexibility index (Phi) is 4.26. The van der Waals surface area contributed by atoms with Gasteiger partial charge in [-0.1, -0.05) is 26.7 Å². The molecule has 2 aliphatic heterocycles. The maximum atomic E-state index is 6.09. The molecule has 2 N–H and O–H groups in total. The zero-order valence-electron chi connectivity index (χ0n) is 11.0. The second kappa shape index (κ2) is 5.50. The summed E-state index contributed by atoms with van der Waals surface area (Å²) < 4.78 is 0. The van der Waals surface area contributed by atoms with Gasteiger partial charge in [-0.15, -0.1) is 0 Å². The van der Waals surface area contributed by atoms with Crippen molar-refractivity contribution in [3.8, 4) is 0 Å². The van der Waals surface area contributed by atoms with Gasteiger partial charge in [0.2, 0.25) is 0 Å². The minimum Gasteiger partial charge on any atom is -0.328 e. The number of unbranched alkanes of at least 4 members (excludes halogenated alkanes) is 1. The maximum absolute atomic E-state index is 6.09. The third kappa shape index (κ3) is 2.98. The number of rotatable bonds is 5. The Hall–Kier alpha value is -0.0800. The van der Waals surface area contributed by atoms with Crippen LogP contribution in [0.4, 0.5) is 0 Å². The fourth-order valence-corrected chi connectivity index (χ4v) is 3.53. The van der Waals surface area contributed by atoms with Crippen molar-refractivity contribution >= 4 is 0 Å². The molecule has 0 aliphatic carbocycles. The van der Waals surface area contributed by atoms with E-state index in [4.69, 9.17) is 5.73 Å². The molecule has 2 bridgehead atoms. The molecule has 0 amide bonds. The van der Waals surface area contributed by atoms with E-state index in [2.05, 4.69) is 18.7 Å². The maximum Gasteiger partial charge on any atom is 0.0113 e. The topological polar surface area (TPSA) is 29.3 Å². The number of hydrogen-bond donors (Lipinski definition) is 1. The zero-order valence-corrected chi connectivity index (χ0v) is 11.0. The highest BCUT2D eigenvalue weighted by Crippen LogP contribution is 2.35. The molecule has 94 valence electrons. The molecule has 2 atom stereocenters. The van der Waals surface area contributed by atoms with Crippen molar-refractivity contribution in [2.75, 3.05) is 6.54 Å². The van der Waals surface area contributed by atoms with Gasteiger partial charge in [0.15, 0.2) is 0 Å². The molecule has 2 unspecified atom stereocenters. The monoisotopic (exact) mass is 224 g/mol. The van der Waals surface area contributed by atoms with Crippen LogP contribution in [0.2, 0.25) is 0 Å². The molecule has 2 fully saturated rings. The zero-order chi connectivity index (χ0) is 11.5. The normalized spacial score (nSPS) is 34.9. The fraction of sp³-hybridized carbons (Fsp3) is 1.00. The summed E-state index contributed by atoms with van der Waals surface area (Å²) in [4.78, 5) is 2.77. The molecule has 0 aromatic carbocycles. The summed E-state index contributed by atoms with van der Waals surface area (Å²) in [5.41, 5.74) is 6.09. The predicted molar refractivity (Wildman–Crippen MR) is 69.4 cm³/mol. The summed E-state index contributed by atoms with van der Waals surface area (Å²) in [6.45, 7) is 5.97. The second-order valence-corrected chi connectivity index (χ2v) is 6.24. The molecule has 2 saturated heterocycles. The standard InChI is InChI=1S/C14H28N2/c1-11(2)5-3-4-8-16-13-6-7-14(16)10-12(15)9-13/h11-14H,3-10,15H2,1-2H3. The lowest BCUT2D eigenvalue weighted by atomic mass is 9.97. The summed E-state index contributed by atoms with van der Waals surface area (Å²) >= 11 is 0. The van der Waals surface area contributed by atoms with E-state index in [1.807, 2.05) is 0 Å². The molecule has 2 heteroatoms. The molecule has 16 heavy (non-hydrogen) atoms. The van der Waals surface area contributed by atoms with Crippen LogP contribution in [-0.2, 0) is 0 Å². The van der Waals surface area contributed by atoms with E-state index in [1.54, 1.807) is 0 Å². The van der Waals surface area contributed by atoms with Gasteiger partial charge in [0, 0.05) is 18.1 Å². The minimum absolute atomic E-state index is 0.490. The Balaban J connectivity index is 1.70. The average molecular weight is 224 g/mol. The van der Waals surface area contributed by atoms with E-state index in [-0.39, 0.29) is 0 Å². The number of nitrogens with zero attached hydrogens (tertiary/aromatic N) is 1. The number of fused-ring (bicyclic) bond motifs is 2. The minimum atomic E-state index is 0.490. The highest BCUT2D eigenvalue weighted by atomic mass is 15.2. The van der Waals surface area contributed by atoms with Crippen LogP contribution in [0.1, 0.15) is 58.8 Å². The first-order valence-electron chi connectivity index (χ1n) is 7.18. The Labute approximate surface area is 101 Å². The lowest BCUT2D eigenvalue weighted by Crippen LogP contribution is -2.47. The van der Waals surface area contributed by atoms with Crippen molar-refractivity contribution in [2.24, 2.45) is 11.7 Å². The van der Waals surface area contributed by atoms with Crippen LogP contribution in [0.5, 0.6) is 0 Å². The summed E-state index contributed by atoms with van der Waals surface area (Å²) in [6, 6.07) is 2.14. The largest absolute Gasteiger partial charge is 0.328 e. The van der Waals surface area contributed by atoms with E-state index in [0.717, 1.165) is 18.0 Å². The van der Waals surface area contributed by atoms with Crippen molar-refractivity contribution in [3.05, 3.63) is 0 Å². The molecule has 2 nitrogen and oxygen atoms in total. The Bertz CT molecular complexity index is 201. The van der Waals surface area contributed by atoms with Crippen LogP contribution in [-0.4, -0.2) is 29.6 Å². The van der Waals surface area contributed by atoms with E-state index >= 15 is 0 Å². The summed E-state index contributed by atoms with van der Waals surface area (Å²) in [5.74, 6) is 0.867. The molecule has 0 saturated carbocycles. The van der Waals surface area contributed by atoms with E-state index in [0.29, 0.717) is 6.04 Å². The Morgan fingerprint density at radius 1 is 1.12 bits per heavy atom. The van der Waals surface area contributed by atoms with Crippen molar-refractivity contribution in [1.82, 2.24) is 4.90 Å². The molecule has 0 radical (unpaired) electrons. The third-order valence-electron chi connectivity index (χ3n) is 4.37. The van der Waals surface area contributed by atoms with Crippen molar-refractivity contribution < 1.29 is 0 Å². The van der Waals surface area contributed by atoms with Gasteiger partial charge in [-0.3, -0.25) is 4.90 Å². The lowest BCUT2D eigenvalue weighted by molar-refractivity contribution is 0.125. The van der Waals surface area contributed by atoms with Gasteiger partial charge in [-0.2, -0.15) is 0 Å². The van der Waals surface area contributed by atoms with Gasteiger partial charge in [0.25, 0.3) is 0 Å². The van der Waals surface area contributed by atoms with Crippen LogP contribution >= 0.6 is 0 Å². The lowest BCUT2D eigenvalue weighted by Gasteiger charge is -2.37.